The Labute approximate surface area is 161 Å². The summed E-state index contributed by atoms with van der Waals surface area (Å²) in [5.41, 5.74) is 2.33. The van der Waals surface area contributed by atoms with E-state index < -0.39 is 10.0 Å². The molecule has 8 nitrogen and oxygen atoms in total. The molecule has 0 unspecified atom stereocenters. The van der Waals surface area contributed by atoms with Crippen molar-refractivity contribution in [2.45, 2.75) is 4.21 Å². The van der Waals surface area contributed by atoms with Crippen molar-refractivity contribution in [3.63, 3.8) is 0 Å². The van der Waals surface area contributed by atoms with Crippen LogP contribution in [0.5, 0.6) is 5.75 Å². The van der Waals surface area contributed by atoms with Gasteiger partial charge in [0.25, 0.3) is 10.0 Å². The van der Waals surface area contributed by atoms with Crippen LogP contribution in [0, 0.1) is 0 Å². The second kappa shape index (κ2) is 7.49. The zero-order chi connectivity index (χ0) is 19.6. The van der Waals surface area contributed by atoms with Gasteiger partial charge in [-0.15, -0.1) is 11.3 Å². The fraction of sp³-hybridized carbons (Fsp3) is 0.235. The van der Waals surface area contributed by atoms with E-state index in [4.69, 9.17) is 4.74 Å². The number of benzene rings is 1. The summed E-state index contributed by atoms with van der Waals surface area (Å²) in [6, 6.07) is 4.93. The van der Waals surface area contributed by atoms with E-state index in [2.05, 4.69) is 15.4 Å². The van der Waals surface area contributed by atoms with Crippen molar-refractivity contribution in [1.82, 2.24) is 5.32 Å². The Hall–Kier alpha value is -2.72. The van der Waals surface area contributed by atoms with Crippen LogP contribution in [0.4, 0.5) is 17.1 Å². The molecule has 10 heteroatoms. The minimum atomic E-state index is -3.76. The van der Waals surface area contributed by atoms with Gasteiger partial charge in [0.15, 0.2) is 5.75 Å². The summed E-state index contributed by atoms with van der Waals surface area (Å²) in [5, 5.41) is 7.41. The Balaban J connectivity index is 2.15. The van der Waals surface area contributed by atoms with E-state index in [0.717, 1.165) is 22.7 Å². The minimum absolute atomic E-state index is 0.203. The first-order chi connectivity index (χ1) is 12.9. The summed E-state index contributed by atoms with van der Waals surface area (Å²) < 4.78 is 33.8. The lowest BCUT2D eigenvalue weighted by Crippen LogP contribution is -2.16. The van der Waals surface area contributed by atoms with E-state index in [9.17, 15) is 13.2 Å². The molecule has 3 N–H and O–H groups in total. The predicted molar refractivity (Wildman–Crippen MR) is 108 cm³/mol. The molecular weight excluding hydrogens is 388 g/mol. The highest BCUT2D eigenvalue weighted by Gasteiger charge is 2.26. The first kappa shape index (κ1) is 19.1. The zero-order valence-corrected chi connectivity index (χ0v) is 16.7. The highest BCUT2D eigenvalue weighted by molar-refractivity contribution is 7.94. The molecule has 3 rings (SSSR count). The van der Waals surface area contributed by atoms with Gasteiger partial charge in [-0.2, -0.15) is 0 Å². The highest BCUT2D eigenvalue weighted by atomic mass is 32.2. The topological polar surface area (TPSA) is 99.8 Å². The van der Waals surface area contributed by atoms with Crippen LogP contribution in [0.1, 0.15) is 5.56 Å². The van der Waals surface area contributed by atoms with E-state index in [1.807, 2.05) is 11.9 Å². The number of amides is 1. The van der Waals surface area contributed by atoms with E-state index in [0.29, 0.717) is 23.7 Å². The van der Waals surface area contributed by atoms with Crippen molar-refractivity contribution in [3.05, 3.63) is 35.2 Å². The fourth-order valence-corrected chi connectivity index (χ4v) is 4.79. The Morgan fingerprint density at radius 1 is 1.44 bits per heavy atom. The molecular formula is C17H20N4O4S2. The molecule has 0 saturated carbocycles. The van der Waals surface area contributed by atoms with Crippen LogP contribution in [-0.2, 0) is 14.8 Å². The molecule has 0 fully saturated rings. The smallest absolute Gasteiger partial charge is 0.271 e. The molecule has 27 heavy (non-hydrogen) atoms. The highest BCUT2D eigenvalue weighted by Crippen LogP contribution is 2.46. The molecule has 1 aliphatic heterocycles. The van der Waals surface area contributed by atoms with E-state index in [1.165, 1.54) is 32.4 Å². The molecule has 0 spiro atoms. The number of methoxy groups -OCH3 is 1. The van der Waals surface area contributed by atoms with Gasteiger partial charge < -0.3 is 20.3 Å². The SMILES string of the molecule is CNC(=O)C=Cc1c(NS(=O)(=O)c2cccs2)cc2c(c1OC)NCN2C. The van der Waals surface area contributed by atoms with Gasteiger partial charge in [-0.25, -0.2) is 8.42 Å². The molecule has 0 bridgehead atoms. The van der Waals surface area contributed by atoms with Crippen molar-refractivity contribution in [1.29, 1.82) is 0 Å². The summed E-state index contributed by atoms with van der Waals surface area (Å²) in [6.45, 7) is 0.561. The average molecular weight is 409 g/mol. The number of carbonyl (C=O) groups excluding carboxylic acids is 1. The number of thiophene rings is 1. The maximum absolute atomic E-state index is 12.7. The van der Waals surface area contributed by atoms with Gasteiger partial charge >= 0.3 is 0 Å². The van der Waals surface area contributed by atoms with Crippen LogP contribution in [0.15, 0.2) is 33.9 Å². The van der Waals surface area contributed by atoms with Crippen molar-refractivity contribution < 1.29 is 17.9 Å². The molecule has 2 aromatic rings. The van der Waals surface area contributed by atoms with Crippen molar-refractivity contribution in [2.75, 3.05) is 42.8 Å². The maximum atomic E-state index is 12.7. The van der Waals surface area contributed by atoms with E-state index in [-0.39, 0.29) is 10.1 Å². The van der Waals surface area contributed by atoms with Crippen LogP contribution in [0.2, 0.25) is 0 Å². The largest absolute Gasteiger partial charge is 0.494 e. The van der Waals surface area contributed by atoms with Gasteiger partial charge in [0.2, 0.25) is 5.91 Å². The van der Waals surface area contributed by atoms with Gasteiger partial charge in [0.1, 0.15) is 9.90 Å². The molecule has 1 amide bonds. The second-order valence-electron chi connectivity index (χ2n) is 5.78. The number of sulfonamides is 1. The number of nitrogens with one attached hydrogen (secondary N) is 3. The zero-order valence-electron chi connectivity index (χ0n) is 15.1. The third-order valence-corrected chi connectivity index (χ3v) is 6.82. The lowest BCUT2D eigenvalue weighted by molar-refractivity contribution is -0.115. The summed E-state index contributed by atoms with van der Waals surface area (Å²) >= 11 is 1.13. The number of anilines is 3. The first-order valence-corrected chi connectivity index (χ1v) is 10.4. The summed E-state index contributed by atoms with van der Waals surface area (Å²) in [7, 11) is 1.15. The number of carbonyl (C=O) groups is 1. The Kier molecular flexibility index (Phi) is 5.29. The molecule has 0 aliphatic carbocycles. The van der Waals surface area contributed by atoms with Gasteiger partial charge in [0.05, 0.1) is 25.2 Å². The van der Waals surface area contributed by atoms with Crippen molar-refractivity contribution in [2.24, 2.45) is 0 Å². The van der Waals surface area contributed by atoms with Crippen LogP contribution in [-0.4, -0.2) is 42.2 Å². The first-order valence-electron chi connectivity index (χ1n) is 8.03. The fourth-order valence-electron chi connectivity index (χ4n) is 2.73. The number of hydrogen-bond acceptors (Lipinski definition) is 7. The molecule has 0 atom stereocenters. The van der Waals surface area contributed by atoms with Crippen LogP contribution < -0.4 is 25.0 Å². The number of hydrogen-bond donors (Lipinski definition) is 3. The third kappa shape index (κ3) is 3.71. The third-order valence-electron chi connectivity index (χ3n) is 4.06. The number of rotatable bonds is 6. The van der Waals surface area contributed by atoms with Crippen LogP contribution in [0.25, 0.3) is 6.08 Å². The van der Waals surface area contributed by atoms with E-state index in [1.54, 1.807) is 17.5 Å². The quantitative estimate of drug-likeness (QED) is 0.634. The van der Waals surface area contributed by atoms with Crippen LogP contribution >= 0.6 is 11.3 Å². The molecule has 1 aromatic carbocycles. The minimum Gasteiger partial charge on any atom is -0.494 e. The lowest BCUT2D eigenvalue weighted by Gasteiger charge is -2.18. The predicted octanol–water partition coefficient (Wildman–Crippen LogP) is 2.14. The molecule has 1 aromatic heterocycles. The molecule has 0 saturated heterocycles. The summed E-state index contributed by atoms with van der Waals surface area (Å²) in [5.74, 6) is 0.149. The number of nitrogens with zero attached hydrogens (tertiary/aromatic N) is 1. The molecule has 1 aliphatic rings. The Morgan fingerprint density at radius 2 is 2.22 bits per heavy atom. The molecule has 144 valence electrons. The van der Waals surface area contributed by atoms with Gasteiger partial charge in [-0.05, 0) is 23.6 Å². The Morgan fingerprint density at radius 3 is 2.85 bits per heavy atom. The average Bonchev–Trinajstić information content (AvgIpc) is 3.30. The second-order valence-corrected chi connectivity index (χ2v) is 8.64. The molecule has 0 radical (unpaired) electrons. The summed E-state index contributed by atoms with van der Waals surface area (Å²) in [6.07, 6.45) is 2.86. The lowest BCUT2D eigenvalue weighted by atomic mass is 10.1. The standard InChI is InChI=1S/C17H20N4O4S2/c1-18-14(22)7-6-11-12(20-27(23,24)15-5-4-8-26-15)9-13-16(17(11)25-3)19-10-21(13)2/h4-9,19-20H,10H2,1-3H3,(H,18,22). The van der Waals surface area contributed by atoms with Crippen molar-refractivity contribution >= 4 is 50.4 Å². The summed E-state index contributed by atoms with van der Waals surface area (Å²) in [4.78, 5) is 13.6. The van der Waals surface area contributed by atoms with Gasteiger partial charge in [-0.1, -0.05) is 6.07 Å². The Bertz CT molecular complexity index is 985. The normalized spacial score (nSPS) is 13.4. The number of ether oxygens (including phenoxy) is 1. The molecule has 2 heterocycles. The van der Waals surface area contributed by atoms with Gasteiger partial charge in [-0.3, -0.25) is 9.52 Å². The monoisotopic (exact) mass is 408 g/mol. The van der Waals surface area contributed by atoms with Crippen molar-refractivity contribution in [3.8, 4) is 5.75 Å². The number of fused-ring (bicyclic) bond motifs is 1. The van der Waals surface area contributed by atoms with E-state index >= 15 is 0 Å². The van der Waals surface area contributed by atoms with Gasteiger partial charge in [0, 0.05) is 25.7 Å². The van der Waals surface area contributed by atoms with Crippen LogP contribution in [0.3, 0.4) is 0 Å². The number of likely N-dealkylation sites (N-methyl/N-ethyl adjacent to an activating group) is 1. The maximum Gasteiger partial charge on any atom is 0.271 e.